The first-order valence-corrected chi connectivity index (χ1v) is 7.97. The average molecular weight is 202 g/mol. The van der Waals surface area contributed by atoms with Crippen molar-refractivity contribution in [1.82, 2.24) is 0 Å². The molecule has 0 radical (unpaired) electrons. The average Bonchev–Trinajstić information content (AvgIpc) is 1.81. The number of hydrogen-bond acceptors (Lipinski definition) is 3. The third kappa shape index (κ3) is 6.54. The van der Waals surface area contributed by atoms with Gasteiger partial charge in [0.1, 0.15) is 0 Å². The van der Waals surface area contributed by atoms with Crippen LogP contribution in [-0.4, -0.2) is 25.4 Å². The van der Waals surface area contributed by atoms with Crippen molar-refractivity contribution in [2.45, 2.75) is 38.9 Å². The van der Waals surface area contributed by atoms with Crippen molar-refractivity contribution in [3.63, 3.8) is 0 Å². The van der Waals surface area contributed by atoms with Gasteiger partial charge in [-0.1, -0.05) is 26.2 Å². The minimum absolute atomic E-state index is 0.314. The smallest absolute Gasteiger partial charge is 0.335 e. The zero-order valence-corrected chi connectivity index (χ0v) is 9.76. The fraction of sp³-hybridized carbons (Fsp3) is 0.667. The second-order valence-corrected chi connectivity index (χ2v) is 9.93. The fourth-order valence-electron chi connectivity index (χ4n) is 0.790. The van der Waals surface area contributed by atoms with Crippen LogP contribution >= 0.6 is 0 Å². The Hall–Kier alpha value is -0.613. The second-order valence-electron chi connectivity index (χ2n) is 4.41. The summed E-state index contributed by atoms with van der Waals surface area (Å²) >= 11 is 0. The Kier molecular flexibility index (Phi) is 4.36. The molecule has 0 bridgehead atoms. The summed E-state index contributed by atoms with van der Waals surface area (Å²) in [5.74, 6) is -0.522. The lowest BCUT2D eigenvalue weighted by molar-refractivity contribution is -0.159. The molecule has 0 spiro atoms. The van der Waals surface area contributed by atoms with Gasteiger partial charge in [-0.05, 0) is 6.92 Å². The molecule has 0 aromatic heterocycles. The molecule has 13 heavy (non-hydrogen) atoms. The highest BCUT2D eigenvalue weighted by Crippen LogP contribution is 2.13. The van der Waals surface area contributed by atoms with Crippen molar-refractivity contribution >= 4 is 14.0 Å². The number of ether oxygens (including phenoxy) is 1. The molecular formula is C9H18O3Si. The van der Waals surface area contributed by atoms with E-state index in [2.05, 4.69) is 26.2 Å². The van der Waals surface area contributed by atoms with Crippen molar-refractivity contribution < 1.29 is 14.6 Å². The molecule has 1 N–H and O–H groups in total. The van der Waals surface area contributed by atoms with Crippen molar-refractivity contribution in [2.24, 2.45) is 0 Å². The Morgan fingerprint density at radius 3 is 2.31 bits per heavy atom. The van der Waals surface area contributed by atoms with Gasteiger partial charge in [0.25, 0.3) is 0 Å². The van der Waals surface area contributed by atoms with Crippen LogP contribution in [0.2, 0.25) is 25.7 Å². The second kappa shape index (κ2) is 4.57. The van der Waals surface area contributed by atoms with E-state index in [-0.39, 0.29) is 0 Å². The number of aliphatic hydroxyl groups excluding tert-OH is 1. The van der Waals surface area contributed by atoms with E-state index in [1.807, 2.05) is 0 Å². The monoisotopic (exact) mass is 202 g/mol. The maximum atomic E-state index is 11.0. The number of carbonyl (C=O) groups is 1. The molecular weight excluding hydrogens is 184 g/mol. The predicted molar refractivity (Wildman–Crippen MR) is 55.1 cm³/mol. The molecule has 0 saturated heterocycles. The van der Waals surface area contributed by atoms with Crippen LogP contribution in [0.1, 0.15) is 6.92 Å². The Morgan fingerprint density at radius 1 is 1.54 bits per heavy atom. The Bertz CT molecular complexity index is 205. The van der Waals surface area contributed by atoms with E-state index in [0.717, 1.165) is 0 Å². The standard InChI is InChI=1S/C9H18O3Si/c1-7(2)9(11)12-8(10)6-13(3,4)5/h8,10H,1,6H2,2-5H3. The Labute approximate surface area is 80.4 Å². The molecule has 0 heterocycles. The summed E-state index contributed by atoms with van der Waals surface area (Å²) in [7, 11) is -1.38. The van der Waals surface area contributed by atoms with Gasteiger partial charge >= 0.3 is 5.97 Å². The molecule has 76 valence electrons. The van der Waals surface area contributed by atoms with Crippen LogP contribution in [0.15, 0.2) is 12.2 Å². The molecule has 0 aliphatic heterocycles. The zero-order valence-electron chi connectivity index (χ0n) is 8.76. The SMILES string of the molecule is C=C(C)C(=O)OC(O)C[Si](C)(C)C. The quantitative estimate of drug-likeness (QED) is 0.327. The van der Waals surface area contributed by atoms with Crippen molar-refractivity contribution in [2.75, 3.05) is 0 Å². The van der Waals surface area contributed by atoms with Gasteiger partial charge in [-0.15, -0.1) is 0 Å². The third-order valence-corrected chi connectivity index (χ3v) is 2.95. The number of esters is 1. The third-order valence-electron chi connectivity index (χ3n) is 1.38. The van der Waals surface area contributed by atoms with E-state index in [4.69, 9.17) is 4.74 Å². The Morgan fingerprint density at radius 2 is 2.00 bits per heavy atom. The maximum absolute atomic E-state index is 11.0. The molecule has 3 nitrogen and oxygen atoms in total. The van der Waals surface area contributed by atoms with Gasteiger partial charge in [-0.2, -0.15) is 0 Å². The molecule has 0 fully saturated rings. The van der Waals surface area contributed by atoms with Crippen molar-refractivity contribution in [1.29, 1.82) is 0 Å². The highest BCUT2D eigenvalue weighted by Gasteiger charge is 2.21. The summed E-state index contributed by atoms with van der Waals surface area (Å²) in [6.45, 7) is 11.3. The summed E-state index contributed by atoms with van der Waals surface area (Å²) in [4.78, 5) is 11.0. The topological polar surface area (TPSA) is 46.5 Å². The largest absolute Gasteiger partial charge is 0.433 e. The number of hydrogen-bond donors (Lipinski definition) is 1. The van der Waals surface area contributed by atoms with Crippen LogP contribution in [0, 0.1) is 0 Å². The zero-order chi connectivity index (χ0) is 10.6. The summed E-state index contributed by atoms with van der Waals surface area (Å²) in [5.41, 5.74) is 0.314. The normalized spacial score (nSPS) is 13.6. The van der Waals surface area contributed by atoms with Crippen LogP contribution in [0.3, 0.4) is 0 Å². The molecule has 0 amide bonds. The van der Waals surface area contributed by atoms with Crippen LogP contribution in [0.25, 0.3) is 0 Å². The number of carbonyl (C=O) groups excluding carboxylic acids is 1. The summed E-state index contributed by atoms with van der Waals surface area (Å²) in [6.07, 6.45) is -0.976. The van der Waals surface area contributed by atoms with E-state index < -0.39 is 20.3 Å². The molecule has 0 saturated carbocycles. The van der Waals surface area contributed by atoms with Gasteiger partial charge in [0, 0.05) is 11.6 Å². The predicted octanol–water partition coefficient (Wildman–Crippen LogP) is 1.76. The molecule has 0 aromatic carbocycles. The van der Waals surface area contributed by atoms with E-state index in [1.54, 1.807) is 6.92 Å². The Balaban J connectivity index is 3.95. The molecule has 0 rings (SSSR count). The van der Waals surface area contributed by atoms with Crippen molar-refractivity contribution in [3.05, 3.63) is 12.2 Å². The maximum Gasteiger partial charge on any atom is 0.335 e. The molecule has 0 aliphatic rings. The highest BCUT2D eigenvalue weighted by molar-refractivity contribution is 6.76. The van der Waals surface area contributed by atoms with Crippen LogP contribution in [0.4, 0.5) is 0 Å². The van der Waals surface area contributed by atoms with Gasteiger partial charge in [0.05, 0.1) is 8.07 Å². The first-order valence-electron chi connectivity index (χ1n) is 4.27. The minimum atomic E-state index is -1.38. The van der Waals surface area contributed by atoms with Gasteiger partial charge in [-0.25, -0.2) is 4.79 Å². The molecule has 1 atom stereocenters. The van der Waals surface area contributed by atoms with Crippen molar-refractivity contribution in [3.8, 4) is 0 Å². The highest BCUT2D eigenvalue weighted by atomic mass is 28.3. The number of rotatable bonds is 4. The van der Waals surface area contributed by atoms with Gasteiger partial charge < -0.3 is 9.84 Å². The molecule has 4 heteroatoms. The molecule has 1 unspecified atom stereocenters. The lowest BCUT2D eigenvalue weighted by Crippen LogP contribution is -2.29. The number of aliphatic hydroxyl groups is 1. The first-order chi connectivity index (χ1) is 5.72. The summed E-state index contributed by atoms with van der Waals surface area (Å²) in [5, 5.41) is 9.35. The van der Waals surface area contributed by atoms with E-state index >= 15 is 0 Å². The van der Waals surface area contributed by atoms with E-state index in [1.165, 1.54) is 0 Å². The first kappa shape index (κ1) is 12.4. The van der Waals surface area contributed by atoms with Crippen LogP contribution in [0.5, 0.6) is 0 Å². The van der Waals surface area contributed by atoms with Gasteiger partial charge in [-0.3, -0.25) is 0 Å². The minimum Gasteiger partial charge on any atom is -0.433 e. The van der Waals surface area contributed by atoms with E-state index in [9.17, 15) is 9.90 Å². The summed E-state index contributed by atoms with van der Waals surface area (Å²) < 4.78 is 4.74. The van der Waals surface area contributed by atoms with E-state index in [0.29, 0.717) is 11.6 Å². The fourth-order valence-corrected chi connectivity index (χ4v) is 1.92. The molecule has 0 aliphatic carbocycles. The van der Waals surface area contributed by atoms with Crippen LogP contribution < -0.4 is 0 Å². The molecule has 0 aromatic rings. The van der Waals surface area contributed by atoms with Gasteiger partial charge in [0.2, 0.25) is 0 Å². The lowest BCUT2D eigenvalue weighted by Gasteiger charge is -2.20. The van der Waals surface area contributed by atoms with Gasteiger partial charge in [0.15, 0.2) is 6.29 Å². The lowest BCUT2D eigenvalue weighted by atomic mass is 10.4. The van der Waals surface area contributed by atoms with Crippen LogP contribution in [-0.2, 0) is 9.53 Å². The summed E-state index contributed by atoms with van der Waals surface area (Å²) in [6, 6.07) is 0.562.